The second-order valence-electron chi connectivity index (χ2n) is 5.64. The molecule has 0 aromatic heterocycles. The summed E-state index contributed by atoms with van der Waals surface area (Å²) < 4.78 is 5.33. The minimum absolute atomic E-state index is 0.139. The molecule has 1 aliphatic rings. The van der Waals surface area contributed by atoms with Crippen LogP contribution in [0, 0.1) is 11.8 Å². The van der Waals surface area contributed by atoms with Crippen molar-refractivity contribution >= 4 is 0 Å². The zero-order chi connectivity index (χ0) is 12.7. The molecule has 0 aliphatic carbocycles. The van der Waals surface area contributed by atoms with Gasteiger partial charge in [-0.05, 0) is 31.1 Å². The number of unbranched alkanes of at least 4 members (excludes halogenated alkanes) is 1. The fourth-order valence-corrected chi connectivity index (χ4v) is 2.44. The van der Waals surface area contributed by atoms with E-state index in [2.05, 4.69) is 0 Å². The van der Waals surface area contributed by atoms with E-state index in [1.165, 1.54) is 19.3 Å². The summed E-state index contributed by atoms with van der Waals surface area (Å²) in [5, 5.41) is 19.4. The molecular formula is C14H28O3. The van der Waals surface area contributed by atoms with E-state index in [1.807, 2.05) is 13.8 Å². The van der Waals surface area contributed by atoms with Crippen molar-refractivity contribution < 1.29 is 14.9 Å². The molecule has 0 saturated carbocycles. The Morgan fingerprint density at radius 2 is 1.76 bits per heavy atom. The van der Waals surface area contributed by atoms with Crippen molar-refractivity contribution in [2.24, 2.45) is 11.8 Å². The van der Waals surface area contributed by atoms with Gasteiger partial charge in [-0.15, -0.1) is 0 Å². The molecule has 0 radical (unpaired) electrons. The van der Waals surface area contributed by atoms with Gasteiger partial charge in [-0.1, -0.05) is 33.1 Å². The van der Waals surface area contributed by atoms with Crippen LogP contribution >= 0.6 is 0 Å². The van der Waals surface area contributed by atoms with Gasteiger partial charge in [-0.2, -0.15) is 0 Å². The average molecular weight is 244 g/mol. The Hall–Kier alpha value is -0.120. The van der Waals surface area contributed by atoms with Crippen molar-refractivity contribution in [1.29, 1.82) is 0 Å². The number of hydrogen-bond acceptors (Lipinski definition) is 3. The minimum Gasteiger partial charge on any atom is -0.390 e. The Morgan fingerprint density at radius 3 is 2.35 bits per heavy atom. The Bertz CT molecular complexity index is 188. The first-order chi connectivity index (χ1) is 8.11. The molecule has 1 heterocycles. The SMILES string of the molecule is CC(C)C(O)C(O)CCCCC1CCOCC1. The van der Waals surface area contributed by atoms with Crippen molar-refractivity contribution in [2.45, 2.75) is 64.6 Å². The molecule has 0 aromatic carbocycles. The van der Waals surface area contributed by atoms with Gasteiger partial charge < -0.3 is 14.9 Å². The summed E-state index contributed by atoms with van der Waals surface area (Å²) >= 11 is 0. The molecule has 0 bridgehead atoms. The maximum atomic E-state index is 9.76. The number of hydrogen-bond donors (Lipinski definition) is 2. The quantitative estimate of drug-likeness (QED) is 0.676. The molecule has 3 heteroatoms. The lowest BCUT2D eigenvalue weighted by Gasteiger charge is -2.23. The van der Waals surface area contributed by atoms with E-state index in [0.29, 0.717) is 0 Å². The van der Waals surface area contributed by atoms with Crippen LogP contribution in [0.1, 0.15) is 52.4 Å². The molecule has 1 aliphatic heterocycles. The third kappa shape index (κ3) is 5.84. The lowest BCUT2D eigenvalue weighted by atomic mass is 9.92. The van der Waals surface area contributed by atoms with E-state index in [1.54, 1.807) is 0 Å². The Kier molecular flexibility index (Phi) is 7.09. The highest BCUT2D eigenvalue weighted by atomic mass is 16.5. The lowest BCUT2D eigenvalue weighted by Crippen LogP contribution is -2.30. The number of aliphatic hydroxyl groups excluding tert-OH is 2. The minimum atomic E-state index is -0.571. The fraction of sp³-hybridized carbons (Fsp3) is 1.00. The van der Waals surface area contributed by atoms with Crippen LogP contribution in [0.3, 0.4) is 0 Å². The van der Waals surface area contributed by atoms with Crippen LogP contribution in [-0.4, -0.2) is 35.6 Å². The molecule has 17 heavy (non-hydrogen) atoms. The largest absolute Gasteiger partial charge is 0.390 e. The summed E-state index contributed by atoms with van der Waals surface area (Å²) in [7, 11) is 0. The average Bonchev–Trinajstić information content (AvgIpc) is 2.34. The molecule has 2 N–H and O–H groups in total. The molecule has 0 spiro atoms. The Balaban J connectivity index is 2.03. The van der Waals surface area contributed by atoms with Gasteiger partial charge in [0.25, 0.3) is 0 Å². The van der Waals surface area contributed by atoms with E-state index in [4.69, 9.17) is 4.74 Å². The van der Waals surface area contributed by atoms with Gasteiger partial charge in [-0.3, -0.25) is 0 Å². The topological polar surface area (TPSA) is 49.7 Å². The van der Waals surface area contributed by atoms with E-state index in [-0.39, 0.29) is 5.92 Å². The molecule has 1 saturated heterocycles. The maximum absolute atomic E-state index is 9.76. The van der Waals surface area contributed by atoms with Crippen LogP contribution in [0.2, 0.25) is 0 Å². The highest BCUT2D eigenvalue weighted by molar-refractivity contribution is 4.71. The summed E-state index contributed by atoms with van der Waals surface area (Å²) in [6.45, 7) is 5.71. The molecule has 1 rings (SSSR count). The molecule has 2 unspecified atom stereocenters. The summed E-state index contributed by atoms with van der Waals surface area (Å²) in [4.78, 5) is 0. The molecule has 1 fully saturated rings. The molecule has 3 nitrogen and oxygen atoms in total. The van der Waals surface area contributed by atoms with Crippen molar-refractivity contribution in [3.63, 3.8) is 0 Å². The molecule has 2 atom stereocenters. The van der Waals surface area contributed by atoms with Crippen molar-refractivity contribution in [3.8, 4) is 0 Å². The third-order valence-corrected chi connectivity index (χ3v) is 3.78. The monoisotopic (exact) mass is 244 g/mol. The van der Waals surface area contributed by atoms with Crippen LogP contribution < -0.4 is 0 Å². The Labute approximate surface area is 105 Å². The number of aliphatic hydroxyl groups is 2. The summed E-state index contributed by atoms with van der Waals surface area (Å²) in [6, 6.07) is 0. The molecule has 102 valence electrons. The lowest BCUT2D eigenvalue weighted by molar-refractivity contribution is -0.0136. The van der Waals surface area contributed by atoms with E-state index in [9.17, 15) is 10.2 Å². The van der Waals surface area contributed by atoms with Gasteiger partial charge in [-0.25, -0.2) is 0 Å². The predicted octanol–water partition coefficient (Wildman–Crippen LogP) is 2.35. The van der Waals surface area contributed by atoms with Crippen LogP contribution in [0.25, 0.3) is 0 Å². The van der Waals surface area contributed by atoms with Crippen molar-refractivity contribution in [2.75, 3.05) is 13.2 Å². The van der Waals surface area contributed by atoms with Crippen LogP contribution in [-0.2, 0) is 4.74 Å². The molecular weight excluding hydrogens is 216 g/mol. The zero-order valence-electron chi connectivity index (χ0n) is 11.3. The van der Waals surface area contributed by atoms with E-state index >= 15 is 0 Å². The smallest absolute Gasteiger partial charge is 0.0821 e. The second-order valence-corrected chi connectivity index (χ2v) is 5.64. The third-order valence-electron chi connectivity index (χ3n) is 3.78. The summed E-state index contributed by atoms with van der Waals surface area (Å²) in [5.41, 5.74) is 0. The highest BCUT2D eigenvalue weighted by Gasteiger charge is 2.19. The fourth-order valence-electron chi connectivity index (χ4n) is 2.44. The van der Waals surface area contributed by atoms with Gasteiger partial charge in [0.2, 0.25) is 0 Å². The molecule has 0 amide bonds. The highest BCUT2D eigenvalue weighted by Crippen LogP contribution is 2.22. The van der Waals surface area contributed by atoms with E-state index < -0.39 is 12.2 Å². The first kappa shape index (κ1) is 14.9. The van der Waals surface area contributed by atoms with Crippen molar-refractivity contribution in [1.82, 2.24) is 0 Å². The van der Waals surface area contributed by atoms with Gasteiger partial charge in [0.05, 0.1) is 12.2 Å². The van der Waals surface area contributed by atoms with Crippen LogP contribution in [0.4, 0.5) is 0 Å². The standard InChI is InChI=1S/C14H28O3/c1-11(2)14(16)13(15)6-4-3-5-12-7-9-17-10-8-12/h11-16H,3-10H2,1-2H3. The van der Waals surface area contributed by atoms with Crippen LogP contribution in [0.5, 0.6) is 0 Å². The number of rotatable bonds is 7. The van der Waals surface area contributed by atoms with Gasteiger partial charge in [0.1, 0.15) is 0 Å². The van der Waals surface area contributed by atoms with Crippen molar-refractivity contribution in [3.05, 3.63) is 0 Å². The van der Waals surface area contributed by atoms with Gasteiger partial charge in [0, 0.05) is 13.2 Å². The first-order valence-electron chi connectivity index (χ1n) is 7.05. The summed E-state index contributed by atoms with van der Waals surface area (Å²) in [5.74, 6) is 0.955. The zero-order valence-corrected chi connectivity index (χ0v) is 11.3. The van der Waals surface area contributed by atoms with E-state index in [0.717, 1.165) is 38.4 Å². The maximum Gasteiger partial charge on any atom is 0.0821 e. The number of ether oxygens (including phenoxy) is 1. The Morgan fingerprint density at radius 1 is 1.12 bits per heavy atom. The summed E-state index contributed by atoms with van der Waals surface area (Å²) in [6.07, 6.45) is 5.40. The normalized spacial score (nSPS) is 21.7. The predicted molar refractivity (Wildman–Crippen MR) is 68.9 cm³/mol. The molecule has 0 aromatic rings. The van der Waals surface area contributed by atoms with Gasteiger partial charge >= 0.3 is 0 Å². The second kappa shape index (κ2) is 8.06. The van der Waals surface area contributed by atoms with Crippen LogP contribution in [0.15, 0.2) is 0 Å². The van der Waals surface area contributed by atoms with Gasteiger partial charge in [0.15, 0.2) is 0 Å². The first-order valence-corrected chi connectivity index (χ1v) is 7.05.